The van der Waals surface area contributed by atoms with Crippen LogP contribution in [0.3, 0.4) is 0 Å². The summed E-state index contributed by atoms with van der Waals surface area (Å²) in [6.07, 6.45) is 0.521. The zero-order chi connectivity index (χ0) is 17.3. The first-order chi connectivity index (χ1) is 11.4. The Balaban J connectivity index is 1.71. The molecule has 3 aromatic heterocycles. The highest BCUT2D eigenvalue weighted by Gasteiger charge is 2.20. The fourth-order valence-corrected chi connectivity index (χ4v) is 5.47. The molecule has 0 aliphatic carbocycles. The summed E-state index contributed by atoms with van der Waals surface area (Å²) in [7, 11) is -3.55. The summed E-state index contributed by atoms with van der Waals surface area (Å²) in [5.74, 6) is 0.679. The predicted molar refractivity (Wildman–Crippen MR) is 92.8 cm³/mol. The first-order valence-electron chi connectivity index (χ1n) is 7.18. The molecule has 0 spiro atoms. The highest BCUT2D eigenvalue weighted by atomic mass is 32.2. The van der Waals surface area contributed by atoms with Crippen molar-refractivity contribution in [1.29, 1.82) is 0 Å². The van der Waals surface area contributed by atoms with Gasteiger partial charge in [0.15, 0.2) is 0 Å². The third-order valence-corrected chi connectivity index (χ3v) is 7.28. The zero-order valence-corrected chi connectivity index (χ0v) is 15.8. The molecule has 0 unspecified atom stereocenters. The van der Waals surface area contributed by atoms with Gasteiger partial charge in [-0.3, -0.25) is 0 Å². The molecule has 7 nitrogen and oxygen atoms in total. The molecule has 128 valence electrons. The lowest BCUT2D eigenvalue weighted by Crippen LogP contribution is -2.25. The Hall–Kier alpha value is -1.62. The van der Waals surface area contributed by atoms with Crippen LogP contribution < -0.4 is 4.72 Å². The van der Waals surface area contributed by atoms with Gasteiger partial charge in [-0.05, 0) is 32.9 Å². The largest absolute Gasteiger partial charge is 0.361 e. The van der Waals surface area contributed by atoms with Gasteiger partial charge in [0.05, 0.1) is 11.3 Å². The van der Waals surface area contributed by atoms with Crippen LogP contribution in [0.5, 0.6) is 0 Å². The Morgan fingerprint density at radius 1 is 1.17 bits per heavy atom. The number of sulfonamides is 1. The SMILES string of the molecule is Cc1nnc(CCNS(=O)(=O)c2ccc(-c3c(C)noc3C)s2)s1. The normalized spacial score (nSPS) is 12.0. The molecule has 0 saturated heterocycles. The van der Waals surface area contributed by atoms with E-state index in [4.69, 9.17) is 4.52 Å². The van der Waals surface area contributed by atoms with E-state index in [0.717, 1.165) is 26.1 Å². The molecule has 0 radical (unpaired) electrons. The first kappa shape index (κ1) is 17.2. The van der Waals surface area contributed by atoms with Crippen molar-refractivity contribution in [3.63, 3.8) is 0 Å². The summed E-state index contributed by atoms with van der Waals surface area (Å²) in [5.41, 5.74) is 1.60. The Kier molecular flexibility index (Phi) is 4.81. The van der Waals surface area contributed by atoms with Gasteiger partial charge >= 0.3 is 0 Å². The lowest BCUT2D eigenvalue weighted by Gasteiger charge is -2.02. The molecule has 0 saturated carbocycles. The van der Waals surface area contributed by atoms with E-state index in [1.807, 2.05) is 20.8 Å². The molecule has 24 heavy (non-hydrogen) atoms. The average Bonchev–Trinajstić information content (AvgIpc) is 3.21. The summed E-state index contributed by atoms with van der Waals surface area (Å²) in [5, 5.41) is 13.5. The minimum Gasteiger partial charge on any atom is -0.361 e. The number of hydrogen-bond acceptors (Lipinski definition) is 8. The number of thiophene rings is 1. The standard InChI is InChI=1S/C14H16N4O3S3/c1-8-14(9(2)21-18-8)11-4-5-13(23-11)24(19,20)15-7-6-12-17-16-10(3)22-12/h4-5,15H,6-7H2,1-3H3. The fourth-order valence-electron chi connectivity index (χ4n) is 2.24. The van der Waals surface area contributed by atoms with Crippen LogP contribution in [0.4, 0.5) is 0 Å². The van der Waals surface area contributed by atoms with Crippen LogP contribution in [-0.4, -0.2) is 30.3 Å². The number of nitrogens with one attached hydrogen (secondary N) is 1. The van der Waals surface area contributed by atoms with E-state index in [2.05, 4.69) is 20.1 Å². The van der Waals surface area contributed by atoms with Crippen molar-refractivity contribution < 1.29 is 12.9 Å². The van der Waals surface area contributed by atoms with Gasteiger partial charge in [0, 0.05) is 17.8 Å². The van der Waals surface area contributed by atoms with Crippen LogP contribution in [0.25, 0.3) is 10.4 Å². The Labute approximate surface area is 147 Å². The van der Waals surface area contributed by atoms with Crippen LogP contribution in [0.15, 0.2) is 20.9 Å². The number of aryl methyl sites for hydroxylation is 3. The summed E-state index contributed by atoms with van der Waals surface area (Å²) in [4.78, 5) is 0.825. The summed E-state index contributed by atoms with van der Waals surface area (Å²) >= 11 is 2.67. The van der Waals surface area contributed by atoms with Crippen LogP contribution >= 0.6 is 22.7 Å². The van der Waals surface area contributed by atoms with Gasteiger partial charge in [-0.15, -0.1) is 32.9 Å². The monoisotopic (exact) mass is 384 g/mol. The van der Waals surface area contributed by atoms with E-state index >= 15 is 0 Å². The number of nitrogens with zero attached hydrogens (tertiary/aromatic N) is 3. The first-order valence-corrected chi connectivity index (χ1v) is 10.3. The second-order valence-electron chi connectivity index (χ2n) is 5.18. The predicted octanol–water partition coefficient (Wildman–Crippen LogP) is 2.70. The van der Waals surface area contributed by atoms with E-state index in [1.165, 1.54) is 22.7 Å². The number of rotatable bonds is 6. The van der Waals surface area contributed by atoms with Crippen LogP contribution in [0, 0.1) is 20.8 Å². The molecule has 0 aromatic carbocycles. The van der Waals surface area contributed by atoms with Gasteiger partial charge in [0.2, 0.25) is 10.0 Å². The van der Waals surface area contributed by atoms with Gasteiger partial charge in [0.1, 0.15) is 20.0 Å². The number of hydrogen-bond donors (Lipinski definition) is 1. The highest BCUT2D eigenvalue weighted by Crippen LogP contribution is 2.34. The van der Waals surface area contributed by atoms with Crippen molar-refractivity contribution in [3.05, 3.63) is 33.6 Å². The van der Waals surface area contributed by atoms with Gasteiger partial charge in [-0.25, -0.2) is 13.1 Å². The van der Waals surface area contributed by atoms with Crippen molar-refractivity contribution in [2.45, 2.75) is 31.4 Å². The van der Waals surface area contributed by atoms with Gasteiger partial charge in [0.25, 0.3) is 0 Å². The molecule has 0 bridgehead atoms. The van der Waals surface area contributed by atoms with Crippen molar-refractivity contribution in [2.75, 3.05) is 6.54 Å². The average molecular weight is 385 g/mol. The molecule has 10 heteroatoms. The molecular weight excluding hydrogens is 368 g/mol. The minimum absolute atomic E-state index is 0.269. The third-order valence-electron chi connectivity index (χ3n) is 3.32. The maximum Gasteiger partial charge on any atom is 0.250 e. The Morgan fingerprint density at radius 3 is 2.58 bits per heavy atom. The van der Waals surface area contributed by atoms with Crippen molar-refractivity contribution >= 4 is 32.7 Å². The lowest BCUT2D eigenvalue weighted by molar-refractivity contribution is 0.393. The molecule has 1 N–H and O–H groups in total. The van der Waals surface area contributed by atoms with Crippen molar-refractivity contribution in [3.8, 4) is 10.4 Å². The van der Waals surface area contributed by atoms with Crippen LogP contribution in [0.2, 0.25) is 0 Å². The smallest absolute Gasteiger partial charge is 0.250 e. The zero-order valence-electron chi connectivity index (χ0n) is 13.4. The van der Waals surface area contributed by atoms with Crippen LogP contribution in [-0.2, 0) is 16.4 Å². The Morgan fingerprint density at radius 2 is 1.96 bits per heavy atom. The van der Waals surface area contributed by atoms with E-state index in [0.29, 0.717) is 12.2 Å². The minimum atomic E-state index is -3.55. The molecule has 0 aliphatic heterocycles. The highest BCUT2D eigenvalue weighted by molar-refractivity contribution is 7.91. The third kappa shape index (κ3) is 3.56. The second-order valence-corrected chi connectivity index (χ2v) is 9.52. The molecule has 3 aromatic rings. The lowest BCUT2D eigenvalue weighted by atomic mass is 10.2. The molecule has 0 aliphatic rings. The molecule has 3 rings (SSSR count). The van der Waals surface area contributed by atoms with E-state index < -0.39 is 10.0 Å². The molecule has 0 fully saturated rings. The molecule has 0 amide bonds. The van der Waals surface area contributed by atoms with Gasteiger partial charge in [-0.1, -0.05) is 5.16 Å². The second kappa shape index (κ2) is 6.71. The summed E-state index contributed by atoms with van der Waals surface area (Å²) in [6.45, 7) is 5.80. The number of aromatic nitrogens is 3. The molecule has 0 atom stereocenters. The van der Waals surface area contributed by atoms with Gasteiger partial charge < -0.3 is 4.52 Å². The fraction of sp³-hybridized carbons (Fsp3) is 0.357. The Bertz CT molecular complexity index is 936. The van der Waals surface area contributed by atoms with Crippen LogP contribution in [0.1, 0.15) is 21.5 Å². The van der Waals surface area contributed by atoms with Gasteiger partial charge in [-0.2, -0.15) is 0 Å². The van der Waals surface area contributed by atoms with E-state index in [1.54, 1.807) is 12.1 Å². The summed E-state index contributed by atoms with van der Waals surface area (Å²) < 4.78 is 32.8. The van der Waals surface area contributed by atoms with E-state index in [-0.39, 0.29) is 10.8 Å². The van der Waals surface area contributed by atoms with E-state index in [9.17, 15) is 8.42 Å². The van der Waals surface area contributed by atoms with Crippen molar-refractivity contribution in [2.24, 2.45) is 0 Å². The molecular formula is C14H16N4O3S3. The van der Waals surface area contributed by atoms with Crippen molar-refractivity contribution in [1.82, 2.24) is 20.1 Å². The topological polar surface area (TPSA) is 98.0 Å². The quantitative estimate of drug-likeness (QED) is 0.702. The summed E-state index contributed by atoms with van der Waals surface area (Å²) in [6, 6.07) is 3.38. The maximum atomic E-state index is 12.4. The molecule has 3 heterocycles. The maximum absolute atomic E-state index is 12.4.